The van der Waals surface area contributed by atoms with E-state index in [1.165, 1.54) is 6.07 Å². The first-order valence-electron chi connectivity index (χ1n) is 11.6. The molecular weight excluding hydrogens is 553 g/mol. The van der Waals surface area contributed by atoms with E-state index >= 15 is 0 Å². The van der Waals surface area contributed by atoms with Gasteiger partial charge < -0.3 is 15.4 Å². The number of hydrogen-bond acceptors (Lipinski definition) is 6. The lowest BCUT2D eigenvalue weighted by Crippen LogP contribution is -2.44. The van der Waals surface area contributed by atoms with Gasteiger partial charge in [-0.1, -0.05) is 6.92 Å². The van der Waals surface area contributed by atoms with E-state index in [0.29, 0.717) is 0 Å². The van der Waals surface area contributed by atoms with Crippen LogP contribution >= 0.6 is 0 Å². The van der Waals surface area contributed by atoms with Crippen molar-refractivity contribution in [2.75, 3.05) is 11.9 Å². The third-order valence-corrected chi connectivity index (χ3v) is 6.17. The van der Waals surface area contributed by atoms with Crippen LogP contribution in [0.15, 0.2) is 36.7 Å². The monoisotopic (exact) mass is 574 g/mol. The summed E-state index contributed by atoms with van der Waals surface area (Å²) in [6.45, 7) is 3.11. The molecule has 1 saturated heterocycles. The molecule has 1 aromatic carbocycles. The second-order valence-corrected chi connectivity index (χ2v) is 9.50. The number of alkyl halides is 6. The van der Waals surface area contributed by atoms with Gasteiger partial charge in [0.2, 0.25) is 17.6 Å². The average molecular weight is 574 g/mol. The number of nitrogens with one attached hydrogen (secondary N) is 2. The third-order valence-electron chi connectivity index (χ3n) is 6.17. The molecule has 2 aromatic heterocycles. The number of ether oxygens (including phenoxy) is 1. The lowest BCUT2D eigenvalue weighted by Gasteiger charge is -2.29. The van der Waals surface area contributed by atoms with E-state index < -0.39 is 53.1 Å². The topological polar surface area (TPSA) is 111 Å². The quantitative estimate of drug-likeness (QED) is 0.419. The molecule has 40 heavy (non-hydrogen) atoms. The van der Waals surface area contributed by atoms with E-state index in [4.69, 9.17) is 4.74 Å². The van der Waals surface area contributed by atoms with Crippen LogP contribution in [0.1, 0.15) is 26.6 Å². The van der Waals surface area contributed by atoms with Gasteiger partial charge >= 0.3 is 12.4 Å². The van der Waals surface area contributed by atoms with Crippen molar-refractivity contribution < 1.29 is 45.1 Å². The number of carbonyl (C=O) groups excluding carboxylic acids is 2. The van der Waals surface area contributed by atoms with Crippen molar-refractivity contribution >= 4 is 17.6 Å². The lowest BCUT2D eigenvalue weighted by atomic mass is 9.97. The summed E-state index contributed by atoms with van der Waals surface area (Å²) in [7, 11) is 0. The molecule has 0 radical (unpaired) electrons. The van der Waals surface area contributed by atoms with Crippen molar-refractivity contribution in [3.05, 3.63) is 48.3 Å². The summed E-state index contributed by atoms with van der Waals surface area (Å²) in [5, 5.41) is 9.20. The molecule has 16 heteroatoms. The molecule has 214 valence electrons. The highest BCUT2D eigenvalue weighted by Gasteiger charge is 2.50. The van der Waals surface area contributed by atoms with E-state index in [9.17, 15) is 40.3 Å². The minimum Gasteiger partial charge on any atom is -0.478 e. The van der Waals surface area contributed by atoms with Gasteiger partial charge in [-0.15, -0.1) is 5.10 Å². The fraction of sp³-hybridized carbons (Fsp3) is 0.375. The number of halogens is 7. The number of aromatic nitrogens is 4. The number of amides is 2. The van der Waals surface area contributed by atoms with E-state index in [1.54, 1.807) is 6.92 Å². The second kappa shape index (κ2) is 10.1. The number of hydrogen-bond donors (Lipinski definition) is 2. The number of nitrogens with zero attached hydrogens (tertiary/aromatic N) is 4. The molecule has 1 aliphatic heterocycles. The van der Waals surface area contributed by atoms with Crippen LogP contribution in [0.25, 0.3) is 16.9 Å². The molecule has 3 aromatic rings. The molecule has 1 fully saturated rings. The van der Waals surface area contributed by atoms with Gasteiger partial charge in [-0.25, -0.2) is 19.0 Å². The van der Waals surface area contributed by atoms with E-state index in [-0.39, 0.29) is 35.2 Å². The maximum atomic E-state index is 14.6. The number of rotatable bonds is 6. The molecule has 4 rings (SSSR count). The Morgan fingerprint density at radius 1 is 1.07 bits per heavy atom. The standard InChI is InChI=1S/C24H21F7N6O3/c1-11-16(10-32-19(11)38)20(39)35-18-7-17(37(36-18)14-8-33-21(34-9-14)23(26,27)28)12-4-13(25)6-15(5-12)40-22(2,3)24(29,30)31/h4-9,11,16H,10H2,1-3H3,(H,32,38)(H,35,36,39). The zero-order valence-electron chi connectivity index (χ0n) is 21.0. The first-order chi connectivity index (χ1) is 18.5. The van der Waals surface area contributed by atoms with Gasteiger partial charge in [0, 0.05) is 30.2 Å². The average Bonchev–Trinajstić information content (AvgIpc) is 3.40. The maximum Gasteiger partial charge on any atom is 0.451 e. The Morgan fingerprint density at radius 2 is 1.73 bits per heavy atom. The summed E-state index contributed by atoms with van der Waals surface area (Å²) < 4.78 is 99.5. The fourth-order valence-electron chi connectivity index (χ4n) is 3.81. The van der Waals surface area contributed by atoms with Crippen molar-refractivity contribution in [1.29, 1.82) is 0 Å². The van der Waals surface area contributed by atoms with Crippen LogP contribution in [0.2, 0.25) is 0 Å². The van der Waals surface area contributed by atoms with Gasteiger partial charge in [0.15, 0.2) is 11.4 Å². The molecule has 2 amide bonds. The fourth-order valence-corrected chi connectivity index (χ4v) is 3.81. The zero-order valence-corrected chi connectivity index (χ0v) is 21.0. The van der Waals surface area contributed by atoms with Crippen LogP contribution in [-0.2, 0) is 15.8 Å². The molecule has 2 atom stereocenters. The van der Waals surface area contributed by atoms with Crippen LogP contribution in [0.3, 0.4) is 0 Å². The predicted molar refractivity (Wildman–Crippen MR) is 125 cm³/mol. The summed E-state index contributed by atoms with van der Waals surface area (Å²) in [5.74, 6) is -5.40. The van der Waals surface area contributed by atoms with Gasteiger partial charge in [-0.05, 0) is 26.0 Å². The largest absolute Gasteiger partial charge is 0.478 e. The summed E-state index contributed by atoms with van der Waals surface area (Å²) in [6, 6.07) is 3.95. The number of carbonyl (C=O) groups is 2. The second-order valence-electron chi connectivity index (χ2n) is 9.50. The Bertz CT molecular complexity index is 1430. The van der Waals surface area contributed by atoms with E-state index in [1.807, 2.05) is 0 Å². The molecule has 2 N–H and O–H groups in total. The van der Waals surface area contributed by atoms with Crippen molar-refractivity contribution in [2.45, 2.75) is 38.7 Å². The Morgan fingerprint density at radius 3 is 2.27 bits per heavy atom. The maximum absolute atomic E-state index is 14.6. The minimum absolute atomic E-state index is 0.0542. The van der Waals surface area contributed by atoms with Crippen LogP contribution < -0.4 is 15.4 Å². The molecule has 3 heterocycles. The molecule has 9 nitrogen and oxygen atoms in total. The van der Waals surface area contributed by atoms with E-state index in [2.05, 4.69) is 25.7 Å². The smallest absolute Gasteiger partial charge is 0.451 e. The minimum atomic E-state index is -4.84. The molecular formula is C24H21F7N6O3. The first-order valence-corrected chi connectivity index (χ1v) is 11.6. The van der Waals surface area contributed by atoms with Gasteiger partial charge in [0.1, 0.15) is 17.3 Å². The summed E-state index contributed by atoms with van der Waals surface area (Å²) in [4.78, 5) is 31.1. The Labute approximate surface area is 221 Å². The highest BCUT2D eigenvalue weighted by Crippen LogP contribution is 2.37. The highest BCUT2D eigenvalue weighted by atomic mass is 19.4. The number of anilines is 1. The molecule has 2 unspecified atom stereocenters. The number of benzene rings is 1. The lowest BCUT2D eigenvalue weighted by molar-refractivity contribution is -0.234. The first kappa shape index (κ1) is 28.8. The summed E-state index contributed by atoms with van der Waals surface area (Å²) in [6.07, 6.45) is -8.08. The van der Waals surface area contributed by atoms with Crippen molar-refractivity contribution in [2.24, 2.45) is 11.8 Å². The molecule has 0 spiro atoms. The molecule has 1 aliphatic rings. The van der Waals surface area contributed by atoms with Crippen molar-refractivity contribution in [1.82, 2.24) is 25.1 Å². The highest BCUT2D eigenvalue weighted by molar-refractivity contribution is 5.98. The van der Waals surface area contributed by atoms with Crippen LogP contribution in [0.4, 0.5) is 36.6 Å². The van der Waals surface area contributed by atoms with Gasteiger partial charge in [-0.3, -0.25) is 9.59 Å². The summed E-state index contributed by atoms with van der Waals surface area (Å²) >= 11 is 0. The van der Waals surface area contributed by atoms with Crippen LogP contribution in [0.5, 0.6) is 5.75 Å². The SMILES string of the molecule is CC1C(=O)NCC1C(=O)Nc1cc(-c2cc(F)cc(OC(C)(C)C(F)(F)F)c2)n(-c2cnc(C(F)(F)F)nc2)n1. The Balaban J connectivity index is 1.77. The van der Waals surface area contributed by atoms with Crippen molar-refractivity contribution in [3.8, 4) is 22.7 Å². The normalized spacial score (nSPS) is 18.0. The Kier molecular flexibility index (Phi) is 7.23. The third kappa shape index (κ3) is 5.84. The van der Waals surface area contributed by atoms with Gasteiger partial charge in [0.25, 0.3) is 0 Å². The Hall–Kier alpha value is -4.24. The molecule has 0 aliphatic carbocycles. The molecule has 0 bridgehead atoms. The predicted octanol–water partition coefficient (Wildman–Crippen LogP) is 4.53. The van der Waals surface area contributed by atoms with Crippen LogP contribution in [0, 0.1) is 17.7 Å². The van der Waals surface area contributed by atoms with E-state index in [0.717, 1.165) is 49.1 Å². The van der Waals surface area contributed by atoms with Crippen LogP contribution in [-0.4, -0.2) is 49.9 Å². The van der Waals surface area contributed by atoms with Crippen molar-refractivity contribution in [3.63, 3.8) is 0 Å². The molecule has 0 saturated carbocycles. The van der Waals surface area contributed by atoms with Gasteiger partial charge in [-0.2, -0.15) is 26.3 Å². The van der Waals surface area contributed by atoms with Gasteiger partial charge in [0.05, 0.1) is 24.0 Å². The summed E-state index contributed by atoms with van der Waals surface area (Å²) in [5.41, 5.74) is -2.98. The zero-order chi connectivity index (χ0) is 29.6.